The van der Waals surface area contributed by atoms with Gasteiger partial charge in [0.1, 0.15) is 15.8 Å². The molecular weight excluding hydrogens is 927 g/mol. The van der Waals surface area contributed by atoms with E-state index in [0.717, 1.165) is 48.2 Å². The highest BCUT2D eigenvalue weighted by Gasteiger charge is 2.46. The zero-order valence-corrected chi connectivity index (χ0v) is 44.6. The summed E-state index contributed by atoms with van der Waals surface area (Å²) in [4.78, 5) is 6.17. The van der Waals surface area contributed by atoms with E-state index in [1.807, 2.05) is 11.3 Å². The van der Waals surface area contributed by atoms with Crippen molar-refractivity contribution in [3.63, 3.8) is 0 Å². The number of unbranched alkanes of at least 4 members (excludes halogenated alkanes) is 3. The molecule has 0 bridgehead atoms. The fourth-order valence-corrected chi connectivity index (χ4v) is 13.5. The Bertz CT molecular complexity index is 3830. The molecule has 0 fully saturated rings. The van der Waals surface area contributed by atoms with Gasteiger partial charge in [0, 0.05) is 22.8 Å². The van der Waals surface area contributed by atoms with Gasteiger partial charge in [0.25, 0.3) is 5.01 Å². The molecule has 0 saturated heterocycles. The normalized spacial score (nSPS) is 12.7. The van der Waals surface area contributed by atoms with E-state index in [0.29, 0.717) is 6.54 Å². The molecule has 75 heavy (non-hydrogen) atoms. The molecule has 0 N–H and O–H groups in total. The second-order valence-electron chi connectivity index (χ2n) is 20.8. The second kappa shape index (κ2) is 20.8. The quantitative estimate of drug-likeness (QED) is 0.0833. The summed E-state index contributed by atoms with van der Waals surface area (Å²) in [5.74, 6) is 0.996. The molecule has 3 nitrogen and oxygen atoms in total. The predicted octanol–water partition coefficient (Wildman–Crippen LogP) is 17.9. The summed E-state index contributed by atoms with van der Waals surface area (Å²) in [7, 11) is 0. The summed E-state index contributed by atoms with van der Waals surface area (Å²) >= 11 is 1.93. The topological polar surface area (TPSA) is 20.6 Å². The van der Waals surface area contributed by atoms with Gasteiger partial charge in [-0.3, -0.25) is 0 Å². The van der Waals surface area contributed by atoms with Crippen molar-refractivity contribution >= 4 is 32.5 Å². The summed E-state index contributed by atoms with van der Waals surface area (Å²) in [5.41, 5.74) is 21.7. The van der Waals surface area contributed by atoms with Crippen LogP contribution in [0, 0.1) is 13.8 Å². The van der Waals surface area contributed by atoms with Crippen molar-refractivity contribution in [1.29, 1.82) is 0 Å². The molecule has 4 heteroatoms. The summed E-state index contributed by atoms with van der Waals surface area (Å²) in [6.07, 6.45) is 8.90. The van der Waals surface area contributed by atoms with Gasteiger partial charge in [-0.1, -0.05) is 214 Å². The summed E-state index contributed by atoms with van der Waals surface area (Å²) in [6, 6.07) is 79.5. The maximum atomic E-state index is 6.17. The molecule has 1 aliphatic heterocycles. The van der Waals surface area contributed by atoms with Crippen molar-refractivity contribution < 1.29 is 9.13 Å². The SMILES string of the molecule is CCC1(CC)c2ccc(-c3cccc(CCCCCCc4ccccc4)c3)cc2-c2sc3ccccc3[n+]2Cc2ccc(-c3ccccc3)cc2-c2nc(-c3c(C)cccc3C)c3cc(-c4ccccc4)ccc3[n+]21. The number of thiazole rings is 1. The molecule has 0 aliphatic carbocycles. The maximum Gasteiger partial charge on any atom is 0.332 e. The van der Waals surface area contributed by atoms with Crippen molar-refractivity contribution in [3.05, 3.63) is 246 Å². The van der Waals surface area contributed by atoms with Crippen LogP contribution in [0.25, 0.3) is 87.7 Å². The Balaban J connectivity index is 1.10. The zero-order valence-electron chi connectivity index (χ0n) is 43.8. The van der Waals surface area contributed by atoms with Crippen LogP contribution in [0.15, 0.2) is 212 Å². The van der Waals surface area contributed by atoms with Gasteiger partial charge in [0.05, 0.1) is 16.5 Å². The van der Waals surface area contributed by atoms with E-state index in [1.54, 1.807) is 0 Å². The zero-order chi connectivity index (χ0) is 50.9. The van der Waals surface area contributed by atoms with Gasteiger partial charge in [-0.15, -0.1) is 0 Å². The number of hydrogen-bond acceptors (Lipinski definition) is 2. The molecule has 9 aromatic carbocycles. The van der Waals surface area contributed by atoms with Crippen LogP contribution in [0.2, 0.25) is 0 Å². The highest BCUT2D eigenvalue weighted by atomic mass is 32.1. The number of hydrogen-bond donors (Lipinski definition) is 0. The van der Waals surface area contributed by atoms with Gasteiger partial charge >= 0.3 is 5.82 Å². The highest BCUT2D eigenvalue weighted by Crippen LogP contribution is 2.45. The molecule has 368 valence electrons. The third-order valence-electron chi connectivity index (χ3n) is 16.3. The maximum absolute atomic E-state index is 6.17. The van der Waals surface area contributed by atoms with E-state index >= 15 is 0 Å². The molecule has 0 saturated carbocycles. The molecule has 0 radical (unpaired) electrons. The first-order valence-electron chi connectivity index (χ1n) is 27.3. The minimum Gasteiger partial charge on any atom is -0.213 e. The van der Waals surface area contributed by atoms with Crippen LogP contribution in [-0.2, 0) is 24.9 Å². The Kier molecular flexibility index (Phi) is 13.4. The summed E-state index contributed by atoms with van der Waals surface area (Å²) in [5, 5.41) is 2.44. The Morgan fingerprint density at radius 3 is 1.76 bits per heavy atom. The van der Waals surface area contributed by atoms with Gasteiger partial charge in [0.2, 0.25) is 5.52 Å². The Labute approximate surface area is 447 Å². The molecule has 0 amide bonds. The van der Waals surface area contributed by atoms with Crippen LogP contribution in [0.1, 0.15) is 85.8 Å². The number of benzene rings is 9. The van der Waals surface area contributed by atoms with Crippen molar-refractivity contribution in [1.82, 2.24) is 4.98 Å². The van der Waals surface area contributed by atoms with Crippen molar-refractivity contribution in [2.45, 2.75) is 91.1 Å². The van der Waals surface area contributed by atoms with Crippen LogP contribution in [0.4, 0.5) is 0 Å². The van der Waals surface area contributed by atoms with E-state index in [9.17, 15) is 0 Å². The number of fused-ring (bicyclic) bond motifs is 10. The smallest absolute Gasteiger partial charge is 0.213 e. The number of para-hydroxylation sites is 1. The fourth-order valence-electron chi connectivity index (χ4n) is 12.3. The molecule has 11 aromatic rings. The van der Waals surface area contributed by atoms with E-state index in [2.05, 4.69) is 249 Å². The van der Waals surface area contributed by atoms with Gasteiger partial charge in [0.15, 0.2) is 12.2 Å². The lowest BCUT2D eigenvalue weighted by Gasteiger charge is -2.34. The van der Waals surface area contributed by atoms with Gasteiger partial charge in [-0.05, 0) is 143 Å². The largest absolute Gasteiger partial charge is 0.332 e. The first-order valence-corrected chi connectivity index (χ1v) is 28.1. The van der Waals surface area contributed by atoms with Crippen LogP contribution in [0.3, 0.4) is 0 Å². The summed E-state index contributed by atoms with van der Waals surface area (Å²) < 4.78 is 6.60. The second-order valence-corrected chi connectivity index (χ2v) is 21.8. The standard InChI is InChI=1S/C71H65N3S/c1-5-71(6-2)63-42-40-58(55-35-23-30-52(44-55)29-13-8-7-12-26-51-27-14-9-15-28-51)46-61(63)70-73(65-36-20-21-37-66(65)75-70)48-59-39-38-56(53-31-16-10-17-32-53)45-60(59)69-72-68(67-49(3)24-22-25-50(67)4)62-47-57(41-43-64(62)74(69)71)54-33-18-11-19-34-54/h9-11,14-25,27-28,30-47H,5-8,12-13,26,29,48H2,1-4H3/q+2. The fraction of sp³-hybridized carbons (Fsp3) is 0.197. The van der Waals surface area contributed by atoms with E-state index in [1.165, 1.54) is 124 Å². The molecule has 0 atom stereocenters. The third-order valence-corrected chi connectivity index (χ3v) is 17.5. The number of nitrogens with zero attached hydrogens (tertiary/aromatic N) is 3. The molecule has 0 unspecified atom stereocenters. The van der Waals surface area contributed by atoms with Crippen molar-refractivity contribution in [3.8, 4) is 66.6 Å². The number of aryl methyl sites for hydroxylation is 4. The minimum absolute atomic E-state index is 0.518. The Hall–Kier alpha value is -7.79. The van der Waals surface area contributed by atoms with E-state index < -0.39 is 5.54 Å². The molecule has 1 aliphatic rings. The molecule has 0 spiro atoms. The number of rotatable bonds is 13. The monoisotopic (exact) mass is 991 g/mol. The lowest BCUT2D eigenvalue weighted by atomic mass is 9.79. The number of aromatic nitrogens is 3. The molecule has 3 heterocycles. The van der Waals surface area contributed by atoms with Crippen molar-refractivity contribution in [2.75, 3.05) is 0 Å². The van der Waals surface area contributed by atoms with Crippen LogP contribution >= 0.6 is 11.3 Å². The third kappa shape index (κ3) is 9.10. The van der Waals surface area contributed by atoms with Gasteiger partial charge in [-0.25, -0.2) is 4.57 Å². The van der Waals surface area contributed by atoms with Crippen LogP contribution < -0.4 is 9.13 Å². The van der Waals surface area contributed by atoms with Crippen LogP contribution in [-0.4, -0.2) is 4.98 Å². The molecule has 2 aromatic heterocycles. The van der Waals surface area contributed by atoms with E-state index in [-0.39, 0.29) is 0 Å². The average Bonchev–Trinajstić information content (AvgIpc) is 3.89. The Morgan fingerprint density at radius 2 is 1.04 bits per heavy atom. The molecule has 12 rings (SSSR count). The molecular formula is C71H65N3S+2. The van der Waals surface area contributed by atoms with E-state index in [4.69, 9.17) is 4.98 Å². The first-order chi connectivity index (χ1) is 36.9. The Morgan fingerprint density at radius 1 is 0.480 bits per heavy atom. The van der Waals surface area contributed by atoms with Gasteiger partial charge in [-0.2, -0.15) is 4.57 Å². The lowest BCUT2D eigenvalue weighted by molar-refractivity contribution is -0.724. The van der Waals surface area contributed by atoms with Crippen molar-refractivity contribution in [2.24, 2.45) is 0 Å². The van der Waals surface area contributed by atoms with Crippen LogP contribution in [0.5, 0.6) is 0 Å². The summed E-state index contributed by atoms with van der Waals surface area (Å²) in [6.45, 7) is 9.98. The first kappa shape index (κ1) is 48.2. The predicted molar refractivity (Wildman–Crippen MR) is 315 cm³/mol. The minimum atomic E-state index is -0.518. The lowest BCUT2D eigenvalue weighted by Crippen LogP contribution is -2.59. The van der Waals surface area contributed by atoms with Gasteiger partial charge < -0.3 is 0 Å². The average molecular weight is 992 g/mol. The highest BCUT2D eigenvalue weighted by molar-refractivity contribution is 7.21.